The van der Waals surface area contributed by atoms with E-state index in [2.05, 4.69) is 10.3 Å². The van der Waals surface area contributed by atoms with Gasteiger partial charge in [0.15, 0.2) is 5.96 Å². The highest BCUT2D eigenvalue weighted by Crippen LogP contribution is 2.41. The van der Waals surface area contributed by atoms with Gasteiger partial charge in [-0.05, 0) is 55.0 Å². The Kier molecular flexibility index (Phi) is 8.52. The summed E-state index contributed by atoms with van der Waals surface area (Å²) in [4.78, 5) is 32.9. The quantitative estimate of drug-likeness (QED) is 0.403. The number of nitrogens with zero attached hydrogens (tertiary/aromatic N) is 2. The Bertz CT molecular complexity index is 1340. The summed E-state index contributed by atoms with van der Waals surface area (Å²) in [5.74, 6) is -1.31. The number of hydrogen-bond acceptors (Lipinski definition) is 6. The maximum absolute atomic E-state index is 14.1. The fourth-order valence-corrected chi connectivity index (χ4v) is 5.94. The van der Waals surface area contributed by atoms with E-state index in [-0.39, 0.29) is 43.3 Å². The molecule has 3 atom stereocenters. The number of fused-ring (bicyclic) bond motifs is 1. The molecule has 1 heterocycles. The van der Waals surface area contributed by atoms with Gasteiger partial charge < -0.3 is 20.9 Å². The third kappa shape index (κ3) is 5.97. The number of ether oxygens (including phenoxy) is 1. The van der Waals surface area contributed by atoms with Crippen molar-refractivity contribution in [2.45, 2.75) is 82.3 Å². The zero-order valence-corrected chi connectivity index (χ0v) is 23.7. The van der Waals surface area contributed by atoms with Gasteiger partial charge in [0.05, 0.1) is 40.8 Å². The lowest BCUT2D eigenvalue weighted by atomic mass is 9.87. The van der Waals surface area contributed by atoms with E-state index in [1.807, 2.05) is 19.9 Å². The van der Waals surface area contributed by atoms with Gasteiger partial charge in [-0.2, -0.15) is 13.2 Å². The number of halogens is 3. The van der Waals surface area contributed by atoms with Crippen molar-refractivity contribution in [1.82, 2.24) is 10.2 Å². The van der Waals surface area contributed by atoms with E-state index >= 15 is 0 Å². The number of nitrogens with one attached hydrogen (secondary N) is 1. The fraction of sp³-hybridized carbons (Fsp3) is 0.500. The van der Waals surface area contributed by atoms with Crippen molar-refractivity contribution in [3.63, 3.8) is 0 Å². The van der Waals surface area contributed by atoms with Crippen LogP contribution in [0.5, 0.6) is 0 Å². The summed E-state index contributed by atoms with van der Waals surface area (Å²) in [6.45, 7) is 5.56. The number of benzene rings is 2. The highest BCUT2D eigenvalue weighted by Gasteiger charge is 2.44. The van der Waals surface area contributed by atoms with Crippen LogP contribution in [-0.4, -0.2) is 52.6 Å². The van der Waals surface area contributed by atoms with Crippen molar-refractivity contribution in [3.05, 3.63) is 70.3 Å². The van der Waals surface area contributed by atoms with Gasteiger partial charge >= 0.3 is 6.18 Å². The van der Waals surface area contributed by atoms with Crippen molar-refractivity contribution >= 4 is 17.8 Å². The Hall–Kier alpha value is -3.44. The van der Waals surface area contributed by atoms with E-state index in [1.165, 1.54) is 25.0 Å². The molecule has 222 valence electrons. The second-order valence-corrected chi connectivity index (χ2v) is 11.1. The minimum atomic E-state index is -4.83. The van der Waals surface area contributed by atoms with Gasteiger partial charge in [-0.1, -0.05) is 44.2 Å². The summed E-state index contributed by atoms with van der Waals surface area (Å²) < 4.78 is 47.6. The Morgan fingerprint density at radius 1 is 1.22 bits per heavy atom. The molecular weight excluding hydrogens is 537 g/mol. The van der Waals surface area contributed by atoms with Crippen LogP contribution in [0.15, 0.2) is 47.5 Å². The number of guanidine groups is 1. The number of rotatable bonds is 9. The SMILES string of the molecule is CCC1(CC)CC(=O)N(C(CCOC)c2ccc(C(F)(F)F)c(C(=O)N[C@@H]3c4ccccc4C[C@]3(C)O)c2)C(N)=N1. The summed E-state index contributed by atoms with van der Waals surface area (Å²) in [6, 6.07) is 8.60. The Morgan fingerprint density at radius 2 is 1.90 bits per heavy atom. The Morgan fingerprint density at radius 3 is 2.51 bits per heavy atom. The number of aliphatic hydroxyl groups is 1. The van der Waals surface area contributed by atoms with Crippen LogP contribution in [-0.2, 0) is 22.1 Å². The predicted octanol–water partition coefficient (Wildman–Crippen LogP) is 4.67. The number of carbonyl (C=O) groups excluding carboxylic acids is 2. The van der Waals surface area contributed by atoms with Crippen molar-refractivity contribution in [2.24, 2.45) is 10.7 Å². The molecule has 0 fully saturated rings. The number of carbonyl (C=O) groups is 2. The molecule has 2 aromatic carbocycles. The van der Waals surface area contributed by atoms with Gasteiger partial charge in [0, 0.05) is 20.1 Å². The summed E-state index contributed by atoms with van der Waals surface area (Å²) in [5.41, 5.74) is 4.27. The Balaban J connectivity index is 1.77. The predicted molar refractivity (Wildman–Crippen MR) is 148 cm³/mol. The summed E-state index contributed by atoms with van der Waals surface area (Å²) in [7, 11) is 1.47. The molecule has 41 heavy (non-hydrogen) atoms. The van der Waals surface area contributed by atoms with Gasteiger partial charge in [0.1, 0.15) is 0 Å². The van der Waals surface area contributed by atoms with Gasteiger partial charge in [0.2, 0.25) is 5.91 Å². The molecule has 0 saturated heterocycles. The second kappa shape index (κ2) is 11.4. The van der Waals surface area contributed by atoms with Gasteiger partial charge in [-0.15, -0.1) is 0 Å². The molecule has 2 amide bonds. The lowest BCUT2D eigenvalue weighted by Gasteiger charge is -2.40. The van der Waals surface area contributed by atoms with E-state index in [0.29, 0.717) is 18.4 Å². The molecule has 1 aliphatic heterocycles. The van der Waals surface area contributed by atoms with E-state index in [4.69, 9.17) is 10.5 Å². The number of nitrogens with two attached hydrogens (primary N) is 1. The third-order valence-electron chi connectivity index (χ3n) is 8.36. The zero-order valence-electron chi connectivity index (χ0n) is 23.7. The average molecular weight is 575 g/mol. The summed E-state index contributed by atoms with van der Waals surface area (Å²) >= 11 is 0. The Labute approximate surface area is 237 Å². The molecular formula is C30H37F3N4O4. The van der Waals surface area contributed by atoms with E-state index in [9.17, 15) is 27.9 Å². The number of methoxy groups -OCH3 is 1. The fourth-order valence-electron chi connectivity index (χ4n) is 5.94. The standard InChI is InChI=1S/C30H37F3N4O4/c1-5-29(6-2)17-24(38)37(27(34)36-29)23(13-14-41-4)18-11-12-22(30(31,32)33)21(15-18)26(39)35-25-20-10-8-7-9-19(20)16-28(25,3)40/h7-12,15,23,25,40H,5-6,13-14,16-17H2,1-4H3,(H2,34,36)(H,35,39)/t23?,25-,28+/m1/s1. The topological polar surface area (TPSA) is 117 Å². The molecule has 2 aliphatic rings. The monoisotopic (exact) mass is 574 g/mol. The molecule has 0 bridgehead atoms. The number of alkyl halides is 3. The van der Waals surface area contributed by atoms with E-state index in [0.717, 1.165) is 17.7 Å². The molecule has 0 spiro atoms. The normalized spacial score (nSPS) is 22.7. The van der Waals surface area contributed by atoms with E-state index < -0.39 is 46.4 Å². The average Bonchev–Trinajstić information content (AvgIpc) is 3.18. The van der Waals surface area contributed by atoms with Crippen LogP contribution in [0.4, 0.5) is 13.2 Å². The molecule has 0 saturated carbocycles. The smallest absolute Gasteiger partial charge is 0.387 e. The second-order valence-electron chi connectivity index (χ2n) is 11.1. The van der Waals surface area contributed by atoms with Crippen LogP contribution in [0.25, 0.3) is 0 Å². The molecule has 1 aliphatic carbocycles. The molecule has 0 radical (unpaired) electrons. The van der Waals surface area contributed by atoms with Crippen LogP contribution >= 0.6 is 0 Å². The number of amides is 2. The van der Waals surface area contributed by atoms with Crippen molar-refractivity contribution in [2.75, 3.05) is 13.7 Å². The van der Waals surface area contributed by atoms with Crippen LogP contribution in [0.3, 0.4) is 0 Å². The van der Waals surface area contributed by atoms with Gasteiger partial charge in [-0.25, -0.2) is 4.99 Å². The number of hydrogen-bond donors (Lipinski definition) is 3. The lowest BCUT2D eigenvalue weighted by Crippen LogP contribution is -2.52. The molecule has 4 rings (SSSR count). The maximum atomic E-state index is 14.1. The molecule has 4 N–H and O–H groups in total. The van der Waals surface area contributed by atoms with Crippen LogP contribution < -0.4 is 11.1 Å². The first-order chi connectivity index (χ1) is 19.3. The molecule has 1 unspecified atom stereocenters. The van der Waals surface area contributed by atoms with Crippen LogP contribution in [0.2, 0.25) is 0 Å². The summed E-state index contributed by atoms with van der Waals surface area (Å²) in [5, 5.41) is 13.7. The molecule has 0 aromatic heterocycles. The molecule has 2 aromatic rings. The molecule has 11 heteroatoms. The highest BCUT2D eigenvalue weighted by atomic mass is 19.4. The maximum Gasteiger partial charge on any atom is 0.417 e. The van der Waals surface area contributed by atoms with Gasteiger partial charge in [-0.3, -0.25) is 14.5 Å². The first-order valence-electron chi connectivity index (χ1n) is 13.8. The van der Waals surface area contributed by atoms with Crippen molar-refractivity contribution in [3.8, 4) is 0 Å². The third-order valence-corrected chi connectivity index (χ3v) is 8.36. The van der Waals surface area contributed by atoms with E-state index in [1.54, 1.807) is 18.2 Å². The van der Waals surface area contributed by atoms with Gasteiger partial charge in [0.25, 0.3) is 5.91 Å². The van der Waals surface area contributed by atoms with Crippen molar-refractivity contribution < 1.29 is 32.6 Å². The molecule has 8 nitrogen and oxygen atoms in total. The van der Waals surface area contributed by atoms with Crippen LogP contribution in [0, 0.1) is 0 Å². The van der Waals surface area contributed by atoms with Crippen LogP contribution in [0.1, 0.15) is 91.1 Å². The first-order valence-corrected chi connectivity index (χ1v) is 13.8. The van der Waals surface area contributed by atoms with Crippen molar-refractivity contribution in [1.29, 1.82) is 0 Å². The zero-order chi connectivity index (χ0) is 30.2. The summed E-state index contributed by atoms with van der Waals surface area (Å²) in [6.07, 6.45) is -3.07. The number of aliphatic imine (C=N–C) groups is 1. The highest BCUT2D eigenvalue weighted by molar-refractivity contribution is 6.00. The lowest BCUT2D eigenvalue weighted by molar-refractivity contribution is -0.138. The first kappa shape index (κ1) is 30.5. The minimum Gasteiger partial charge on any atom is -0.387 e. The minimum absolute atomic E-state index is 0.0180. The largest absolute Gasteiger partial charge is 0.417 e.